The average molecular weight is 419 g/mol. The Hall–Kier alpha value is -2.38. The summed E-state index contributed by atoms with van der Waals surface area (Å²) in [6.45, 7) is 2.77. The van der Waals surface area contributed by atoms with Crippen molar-refractivity contribution in [3.05, 3.63) is 53.6 Å². The van der Waals surface area contributed by atoms with Crippen LogP contribution in [0.3, 0.4) is 0 Å². The molecule has 0 aromatic heterocycles. The quantitative estimate of drug-likeness (QED) is 0.701. The van der Waals surface area contributed by atoms with Crippen molar-refractivity contribution in [3.63, 3.8) is 0 Å². The van der Waals surface area contributed by atoms with Crippen molar-refractivity contribution >= 4 is 46.7 Å². The normalized spacial score (nSPS) is 14.0. The number of amides is 3. The lowest BCUT2D eigenvalue weighted by atomic mass is 10.2. The van der Waals surface area contributed by atoms with E-state index in [1.54, 1.807) is 0 Å². The van der Waals surface area contributed by atoms with Crippen molar-refractivity contribution in [2.75, 3.05) is 42.1 Å². The molecule has 1 saturated heterocycles. The number of hydrogen-bond acceptors (Lipinski definition) is 4. The van der Waals surface area contributed by atoms with E-state index in [1.807, 2.05) is 53.4 Å². The minimum absolute atomic E-state index is 0.117. The Morgan fingerprint density at radius 2 is 1.82 bits per heavy atom. The first-order valence-electron chi connectivity index (χ1n) is 9.09. The van der Waals surface area contributed by atoms with Gasteiger partial charge in [0, 0.05) is 54.0 Å². The molecule has 2 aromatic rings. The zero-order valence-corrected chi connectivity index (χ0v) is 17.0. The van der Waals surface area contributed by atoms with E-state index in [0.29, 0.717) is 30.3 Å². The van der Waals surface area contributed by atoms with Crippen LogP contribution in [0.15, 0.2) is 53.4 Å². The van der Waals surface area contributed by atoms with Gasteiger partial charge in [-0.1, -0.05) is 29.8 Å². The smallest absolute Gasteiger partial charge is 0.321 e. The molecule has 0 bridgehead atoms. The van der Waals surface area contributed by atoms with E-state index in [9.17, 15) is 9.59 Å². The molecular weight excluding hydrogens is 396 g/mol. The fraction of sp³-hybridized carbons (Fsp3) is 0.300. The molecule has 3 rings (SSSR count). The molecule has 0 saturated carbocycles. The number of benzene rings is 2. The van der Waals surface area contributed by atoms with Gasteiger partial charge in [0.1, 0.15) is 0 Å². The highest BCUT2D eigenvalue weighted by Gasteiger charge is 2.22. The maximum atomic E-state index is 12.7. The molecule has 0 atom stereocenters. The zero-order valence-electron chi connectivity index (χ0n) is 15.4. The van der Waals surface area contributed by atoms with Crippen LogP contribution in [0.5, 0.6) is 0 Å². The molecule has 0 unspecified atom stereocenters. The molecule has 1 aliphatic heterocycles. The minimum atomic E-state index is -0.327. The number of nitrogens with zero attached hydrogens (tertiary/aromatic N) is 2. The molecule has 0 aliphatic carbocycles. The molecule has 28 heavy (non-hydrogen) atoms. The molecule has 1 aliphatic rings. The van der Waals surface area contributed by atoms with Crippen LogP contribution in [0, 0.1) is 0 Å². The Bertz CT molecular complexity index is 840. The zero-order chi connectivity index (χ0) is 19.9. The number of nitrogens with one attached hydrogen (secondary N) is 1. The first-order valence-corrected chi connectivity index (χ1v) is 10.5. The van der Waals surface area contributed by atoms with Crippen LogP contribution in [0.4, 0.5) is 16.2 Å². The second-order valence-electron chi connectivity index (χ2n) is 6.45. The minimum Gasteiger partial charge on any atom is -0.370 e. The van der Waals surface area contributed by atoms with Crippen LogP contribution in [0.25, 0.3) is 0 Å². The molecule has 6 nitrogen and oxygen atoms in total. The van der Waals surface area contributed by atoms with E-state index in [4.69, 9.17) is 17.3 Å². The summed E-state index contributed by atoms with van der Waals surface area (Å²) < 4.78 is 0. The van der Waals surface area contributed by atoms with E-state index in [1.165, 1.54) is 11.8 Å². The lowest BCUT2D eigenvalue weighted by Gasteiger charge is -2.36. The summed E-state index contributed by atoms with van der Waals surface area (Å²) in [6, 6.07) is 15.2. The van der Waals surface area contributed by atoms with Gasteiger partial charge < -0.3 is 20.9 Å². The molecular formula is C20H23ClN4O2S. The predicted molar refractivity (Wildman–Crippen MR) is 115 cm³/mol. The van der Waals surface area contributed by atoms with E-state index in [0.717, 1.165) is 29.4 Å². The molecule has 0 spiro atoms. The number of hydrogen-bond donors (Lipinski definition) is 2. The molecule has 3 amide bonds. The van der Waals surface area contributed by atoms with Gasteiger partial charge >= 0.3 is 6.03 Å². The van der Waals surface area contributed by atoms with Crippen LogP contribution in [-0.4, -0.2) is 48.8 Å². The van der Waals surface area contributed by atoms with Crippen molar-refractivity contribution in [2.45, 2.75) is 11.3 Å². The lowest BCUT2D eigenvalue weighted by Crippen LogP contribution is -2.50. The second-order valence-corrected chi connectivity index (χ2v) is 8.02. The highest BCUT2D eigenvalue weighted by molar-refractivity contribution is 7.99. The van der Waals surface area contributed by atoms with Gasteiger partial charge in [-0.25, -0.2) is 4.79 Å². The number of primary amides is 1. The Morgan fingerprint density at radius 1 is 1.07 bits per heavy atom. The van der Waals surface area contributed by atoms with Gasteiger partial charge in [0.05, 0.1) is 5.69 Å². The number of para-hydroxylation sites is 1. The monoisotopic (exact) mass is 418 g/mol. The number of carbonyl (C=O) groups is 2. The van der Waals surface area contributed by atoms with Gasteiger partial charge in [-0.15, -0.1) is 11.8 Å². The van der Waals surface area contributed by atoms with E-state index >= 15 is 0 Å². The van der Waals surface area contributed by atoms with Crippen molar-refractivity contribution in [1.29, 1.82) is 0 Å². The number of halogens is 1. The second kappa shape index (κ2) is 9.71. The third-order valence-electron chi connectivity index (χ3n) is 4.47. The Kier molecular flexibility index (Phi) is 7.06. The Balaban J connectivity index is 1.55. The third kappa shape index (κ3) is 5.56. The molecule has 2 aromatic carbocycles. The van der Waals surface area contributed by atoms with E-state index in [-0.39, 0.29) is 11.9 Å². The van der Waals surface area contributed by atoms with E-state index in [2.05, 4.69) is 10.2 Å². The number of carbonyl (C=O) groups excluding carboxylic acids is 2. The first-order chi connectivity index (χ1) is 13.5. The van der Waals surface area contributed by atoms with Crippen molar-refractivity contribution in [2.24, 2.45) is 5.73 Å². The average Bonchev–Trinajstić information content (AvgIpc) is 2.69. The third-order valence-corrected chi connectivity index (χ3v) is 5.79. The fourth-order valence-electron chi connectivity index (χ4n) is 2.99. The summed E-state index contributed by atoms with van der Waals surface area (Å²) in [5.74, 6) is 0.257. The fourth-order valence-corrected chi connectivity index (χ4v) is 4.15. The van der Waals surface area contributed by atoms with E-state index < -0.39 is 0 Å². The standard InChI is InChI=1S/C20H23ClN4O2S/c21-15-4-3-5-16(14-15)24-9-11-25(12-10-24)20(27)23-17-6-1-2-7-18(17)28-13-8-19(22)26/h1-7,14H,8-13H2,(H2,22,26)(H,23,27). The number of anilines is 2. The van der Waals surface area contributed by atoms with Gasteiger partial charge in [0.2, 0.25) is 5.91 Å². The van der Waals surface area contributed by atoms with Crippen molar-refractivity contribution in [3.8, 4) is 0 Å². The summed E-state index contributed by atoms with van der Waals surface area (Å²) in [5.41, 5.74) is 7.02. The highest BCUT2D eigenvalue weighted by Crippen LogP contribution is 2.28. The summed E-state index contributed by atoms with van der Waals surface area (Å²) in [4.78, 5) is 28.6. The van der Waals surface area contributed by atoms with Crippen LogP contribution < -0.4 is 16.0 Å². The molecule has 148 valence electrons. The highest BCUT2D eigenvalue weighted by atomic mass is 35.5. The predicted octanol–water partition coefficient (Wildman–Crippen LogP) is 3.66. The maximum absolute atomic E-state index is 12.7. The van der Waals surface area contributed by atoms with Crippen LogP contribution in [-0.2, 0) is 4.79 Å². The Morgan fingerprint density at radius 3 is 2.54 bits per heavy atom. The molecule has 0 radical (unpaired) electrons. The molecule has 3 N–H and O–H groups in total. The van der Waals surface area contributed by atoms with Gasteiger partial charge in [-0.05, 0) is 30.3 Å². The summed E-state index contributed by atoms with van der Waals surface area (Å²) >= 11 is 7.58. The maximum Gasteiger partial charge on any atom is 0.321 e. The largest absolute Gasteiger partial charge is 0.370 e. The number of nitrogens with two attached hydrogens (primary N) is 1. The number of piperazine rings is 1. The number of urea groups is 1. The summed E-state index contributed by atoms with van der Waals surface area (Å²) in [5, 5.41) is 3.70. The summed E-state index contributed by atoms with van der Waals surface area (Å²) in [7, 11) is 0. The molecule has 1 fully saturated rings. The van der Waals surface area contributed by atoms with Crippen LogP contribution >= 0.6 is 23.4 Å². The number of rotatable bonds is 6. The Labute approximate surface area is 174 Å². The van der Waals surface area contributed by atoms with Crippen molar-refractivity contribution in [1.82, 2.24) is 4.90 Å². The van der Waals surface area contributed by atoms with Crippen molar-refractivity contribution < 1.29 is 9.59 Å². The molecule has 1 heterocycles. The SMILES string of the molecule is NC(=O)CCSc1ccccc1NC(=O)N1CCN(c2cccc(Cl)c2)CC1. The van der Waals surface area contributed by atoms with Gasteiger partial charge in [0.25, 0.3) is 0 Å². The van der Waals surface area contributed by atoms with Gasteiger partial charge in [-0.2, -0.15) is 0 Å². The first kappa shape index (κ1) is 20.4. The van der Waals surface area contributed by atoms with Crippen LogP contribution in [0.2, 0.25) is 5.02 Å². The van der Waals surface area contributed by atoms with Gasteiger partial charge in [0.15, 0.2) is 0 Å². The topological polar surface area (TPSA) is 78.7 Å². The van der Waals surface area contributed by atoms with Crippen LogP contribution in [0.1, 0.15) is 6.42 Å². The summed E-state index contributed by atoms with van der Waals surface area (Å²) in [6.07, 6.45) is 0.304. The van der Waals surface area contributed by atoms with Gasteiger partial charge in [-0.3, -0.25) is 4.79 Å². The molecule has 8 heteroatoms. The lowest BCUT2D eigenvalue weighted by molar-refractivity contribution is -0.117. The number of thioether (sulfide) groups is 1.